The number of hydrogen-bond acceptors (Lipinski definition) is 13. The molecule has 0 radical (unpaired) electrons. The monoisotopic (exact) mass is 454 g/mol. The maximum Gasteiger partial charge on any atom is 0.259 e. The fourth-order valence-electron chi connectivity index (χ4n) is 1.85. The lowest BCUT2D eigenvalue weighted by Gasteiger charge is -2.23. The number of carbonyl (C=O) groups is 2. The molecule has 0 aromatic carbocycles. The standard InChI is InChI=1S/C16H26N2O13/c1-6(21)17-11(8(23)3-19)15(28)30-5-10(12(14(26)27)18-7(2)22)31-16(29)13(25)9(24)4-20/h14-16,19-20,23-29H,3-5H2,1-2H3,(H,17,21)(H,18,22)/b11-8+,12-10+,13-9-. The molecule has 0 saturated heterocycles. The van der Waals surface area contributed by atoms with Gasteiger partial charge in [0, 0.05) is 13.8 Å². The summed E-state index contributed by atoms with van der Waals surface area (Å²) < 4.78 is 9.73. The molecule has 0 aliphatic heterocycles. The highest BCUT2D eigenvalue weighted by molar-refractivity contribution is 5.75. The van der Waals surface area contributed by atoms with E-state index in [-0.39, 0.29) is 0 Å². The maximum absolute atomic E-state index is 11.3. The minimum absolute atomic E-state index is 0.679. The van der Waals surface area contributed by atoms with E-state index < -0.39 is 84.9 Å². The molecule has 0 fully saturated rings. The second kappa shape index (κ2) is 13.4. The quantitative estimate of drug-likeness (QED) is 0.101. The lowest BCUT2D eigenvalue weighted by Crippen LogP contribution is -2.35. The van der Waals surface area contributed by atoms with E-state index in [0.29, 0.717) is 0 Å². The summed E-state index contributed by atoms with van der Waals surface area (Å²) in [5.41, 5.74) is -1.49. The maximum atomic E-state index is 11.3. The van der Waals surface area contributed by atoms with Crippen molar-refractivity contribution < 1.29 is 65.0 Å². The van der Waals surface area contributed by atoms with Crippen LogP contribution in [-0.4, -0.2) is 96.5 Å². The van der Waals surface area contributed by atoms with Gasteiger partial charge in [0.15, 0.2) is 24.1 Å². The van der Waals surface area contributed by atoms with Crippen LogP contribution < -0.4 is 10.6 Å². The van der Waals surface area contributed by atoms with Crippen LogP contribution >= 0.6 is 0 Å². The molecule has 0 heterocycles. The number of ether oxygens (including phenoxy) is 2. The largest absolute Gasteiger partial charge is 0.508 e. The van der Waals surface area contributed by atoms with Gasteiger partial charge >= 0.3 is 0 Å². The fourth-order valence-corrected chi connectivity index (χ4v) is 1.85. The Kier molecular flexibility index (Phi) is 12.1. The minimum atomic E-state index is -2.43. The molecule has 11 N–H and O–H groups in total. The van der Waals surface area contributed by atoms with E-state index in [1.165, 1.54) is 0 Å². The van der Waals surface area contributed by atoms with Crippen LogP contribution in [0.15, 0.2) is 34.4 Å². The summed E-state index contributed by atoms with van der Waals surface area (Å²) in [6, 6.07) is 0. The first kappa shape index (κ1) is 28.1. The van der Waals surface area contributed by atoms with Crippen molar-refractivity contribution in [1.82, 2.24) is 10.6 Å². The number of nitrogens with one attached hydrogen (secondary N) is 2. The zero-order valence-electron chi connectivity index (χ0n) is 16.5. The molecule has 0 rings (SSSR count). The molecule has 0 aliphatic rings. The summed E-state index contributed by atoms with van der Waals surface area (Å²) in [4.78, 5) is 22.5. The Labute approximate surface area is 175 Å². The van der Waals surface area contributed by atoms with Crippen molar-refractivity contribution in [1.29, 1.82) is 0 Å². The first-order chi connectivity index (χ1) is 14.3. The number of carbonyl (C=O) groups excluding carboxylic acids is 2. The molecule has 0 aromatic heterocycles. The normalized spacial score (nSPS) is 15.9. The Morgan fingerprint density at radius 1 is 0.806 bits per heavy atom. The van der Waals surface area contributed by atoms with Gasteiger partial charge in [0.2, 0.25) is 17.6 Å². The van der Waals surface area contributed by atoms with Crippen LogP contribution in [0.1, 0.15) is 13.8 Å². The van der Waals surface area contributed by atoms with Crippen LogP contribution in [0, 0.1) is 0 Å². The van der Waals surface area contributed by atoms with E-state index in [9.17, 15) is 45.3 Å². The summed E-state index contributed by atoms with van der Waals surface area (Å²) in [7, 11) is 0. The summed E-state index contributed by atoms with van der Waals surface area (Å²) in [6.45, 7) is -1.10. The van der Waals surface area contributed by atoms with Gasteiger partial charge in [-0.2, -0.15) is 0 Å². The van der Waals surface area contributed by atoms with E-state index in [0.717, 1.165) is 13.8 Å². The first-order valence-electron chi connectivity index (χ1n) is 8.39. The molecule has 2 atom stereocenters. The van der Waals surface area contributed by atoms with Gasteiger partial charge in [0.25, 0.3) is 6.29 Å². The molecule has 0 spiro atoms. The summed E-state index contributed by atoms with van der Waals surface area (Å²) in [6.07, 6.45) is -6.97. The highest BCUT2D eigenvalue weighted by Crippen LogP contribution is 2.17. The Morgan fingerprint density at radius 3 is 1.71 bits per heavy atom. The Morgan fingerprint density at radius 2 is 1.29 bits per heavy atom. The van der Waals surface area contributed by atoms with Crippen LogP contribution in [-0.2, 0) is 19.1 Å². The average Bonchev–Trinajstić information content (AvgIpc) is 2.70. The van der Waals surface area contributed by atoms with Crippen molar-refractivity contribution >= 4 is 11.8 Å². The molecular formula is C16H26N2O13. The number of rotatable bonds is 12. The van der Waals surface area contributed by atoms with Crippen LogP contribution in [0.4, 0.5) is 0 Å². The molecule has 0 bridgehead atoms. The zero-order chi connectivity index (χ0) is 24.3. The van der Waals surface area contributed by atoms with Gasteiger partial charge in [-0.15, -0.1) is 0 Å². The Bertz CT molecular complexity index is 729. The van der Waals surface area contributed by atoms with Gasteiger partial charge in [-0.3, -0.25) is 9.59 Å². The van der Waals surface area contributed by atoms with Crippen molar-refractivity contribution in [3.8, 4) is 0 Å². The van der Waals surface area contributed by atoms with Crippen molar-refractivity contribution in [3.05, 3.63) is 34.4 Å². The molecule has 0 aliphatic carbocycles. The number of aliphatic hydroxyl groups is 9. The minimum Gasteiger partial charge on any atom is -0.508 e. The van der Waals surface area contributed by atoms with E-state index in [2.05, 4.69) is 0 Å². The molecular weight excluding hydrogens is 428 g/mol. The third-order valence-electron chi connectivity index (χ3n) is 3.19. The van der Waals surface area contributed by atoms with Gasteiger partial charge in [-0.1, -0.05) is 0 Å². The van der Waals surface area contributed by atoms with E-state index in [1.54, 1.807) is 0 Å². The predicted molar refractivity (Wildman–Crippen MR) is 98.0 cm³/mol. The topological polar surface area (TPSA) is 259 Å². The average molecular weight is 454 g/mol. The van der Waals surface area contributed by atoms with Gasteiger partial charge < -0.3 is 66.1 Å². The third-order valence-corrected chi connectivity index (χ3v) is 3.19. The number of hydrogen-bond donors (Lipinski definition) is 11. The third kappa shape index (κ3) is 9.62. The highest BCUT2D eigenvalue weighted by atomic mass is 16.6. The van der Waals surface area contributed by atoms with Gasteiger partial charge in [0.1, 0.15) is 37.0 Å². The first-order valence-corrected chi connectivity index (χ1v) is 8.39. The smallest absolute Gasteiger partial charge is 0.259 e. The van der Waals surface area contributed by atoms with Crippen molar-refractivity contribution in [2.75, 3.05) is 19.8 Å². The summed E-state index contributed by atoms with van der Waals surface area (Å²) in [5.74, 6) is -5.66. The molecule has 15 nitrogen and oxygen atoms in total. The second-order valence-electron chi connectivity index (χ2n) is 5.71. The van der Waals surface area contributed by atoms with Gasteiger partial charge in [-0.05, 0) is 0 Å². The number of aliphatic hydroxyl groups excluding tert-OH is 8. The van der Waals surface area contributed by atoms with E-state index in [1.807, 2.05) is 10.6 Å². The molecule has 2 unspecified atom stereocenters. The molecule has 31 heavy (non-hydrogen) atoms. The number of amides is 2. The zero-order valence-corrected chi connectivity index (χ0v) is 16.5. The van der Waals surface area contributed by atoms with Crippen molar-refractivity contribution in [2.45, 2.75) is 32.7 Å². The summed E-state index contributed by atoms with van der Waals surface area (Å²) in [5, 5.41) is 88.8. The Hall–Kier alpha value is -2.92. The lowest BCUT2D eigenvalue weighted by molar-refractivity contribution is -0.126. The van der Waals surface area contributed by atoms with Gasteiger partial charge in [-0.25, -0.2) is 0 Å². The highest BCUT2D eigenvalue weighted by Gasteiger charge is 2.25. The predicted octanol–water partition coefficient (Wildman–Crippen LogP) is -3.47. The molecule has 0 aromatic rings. The van der Waals surface area contributed by atoms with Crippen LogP contribution in [0.25, 0.3) is 0 Å². The van der Waals surface area contributed by atoms with Crippen LogP contribution in [0.2, 0.25) is 0 Å². The van der Waals surface area contributed by atoms with Crippen molar-refractivity contribution in [3.63, 3.8) is 0 Å². The van der Waals surface area contributed by atoms with Crippen LogP contribution in [0.5, 0.6) is 0 Å². The lowest BCUT2D eigenvalue weighted by atomic mass is 10.3. The second-order valence-corrected chi connectivity index (χ2v) is 5.71. The van der Waals surface area contributed by atoms with E-state index >= 15 is 0 Å². The molecule has 178 valence electrons. The SMILES string of the molecule is CC(=O)N/C(=C(\COC(O)/C(NC(C)=O)=C(\O)CO)OC(O)/C(O)=C(/O)CO)C(O)O. The summed E-state index contributed by atoms with van der Waals surface area (Å²) >= 11 is 0. The molecule has 2 amide bonds. The van der Waals surface area contributed by atoms with E-state index in [4.69, 9.17) is 19.7 Å². The molecule has 0 saturated carbocycles. The Balaban J connectivity index is 5.96. The van der Waals surface area contributed by atoms with Crippen LogP contribution in [0.3, 0.4) is 0 Å². The molecule has 15 heteroatoms. The van der Waals surface area contributed by atoms with Crippen molar-refractivity contribution in [2.24, 2.45) is 0 Å². The van der Waals surface area contributed by atoms with Gasteiger partial charge in [0.05, 0.1) is 0 Å². The fraction of sp³-hybridized carbons (Fsp3) is 0.500.